The van der Waals surface area contributed by atoms with Gasteiger partial charge in [-0.2, -0.15) is 0 Å². The van der Waals surface area contributed by atoms with E-state index in [1.807, 2.05) is 6.92 Å². The number of phenols is 1. The largest absolute Gasteiger partial charge is 0.508 e. The number of rotatable bonds is 6. The second-order valence-corrected chi connectivity index (χ2v) is 8.42. The number of likely N-dealkylation sites (tertiary alicyclic amines) is 1. The molecule has 1 heterocycles. The van der Waals surface area contributed by atoms with E-state index in [-0.39, 0.29) is 17.6 Å². The summed E-state index contributed by atoms with van der Waals surface area (Å²) < 4.78 is 0. The van der Waals surface area contributed by atoms with E-state index in [1.165, 1.54) is 31.2 Å². The minimum atomic E-state index is -0.0806. The molecule has 0 amide bonds. The summed E-state index contributed by atoms with van der Waals surface area (Å²) in [5.41, 5.74) is 2.14. The van der Waals surface area contributed by atoms with Crippen LogP contribution in [0.1, 0.15) is 42.1 Å². The molecule has 0 aromatic heterocycles. The average molecular weight is 364 g/mol. The van der Waals surface area contributed by atoms with Crippen molar-refractivity contribution in [2.45, 2.75) is 38.6 Å². The lowest BCUT2D eigenvalue weighted by Gasteiger charge is -2.25. The number of aryl methyl sites for hydroxylation is 1. The van der Waals surface area contributed by atoms with Gasteiger partial charge >= 0.3 is 0 Å². The highest BCUT2D eigenvalue weighted by molar-refractivity contribution is 5.99. The Kier molecular flexibility index (Phi) is 5.31. The molecule has 0 radical (unpaired) electrons. The maximum absolute atomic E-state index is 12.8. The number of phenolic OH excluding ortho intramolecular Hbond substituents is 1. The molecule has 142 valence electrons. The van der Waals surface area contributed by atoms with E-state index in [9.17, 15) is 9.90 Å². The van der Waals surface area contributed by atoms with E-state index >= 15 is 0 Å². The lowest BCUT2D eigenvalue weighted by Crippen LogP contribution is -2.38. The minimum Gasteiger partial charge on any atom is -0.508 e. The first-order valence-electron chi connectivity index (χ1n) is 10.2. The van der Waals surface area contributed by atoms with Crippen molar-refractivity contribution in [3.63, 3.8) is 0 Å². The van der Waals surface area contributed by atoms with Crippen LogP contribution in [0.2, 0.25) is 0 Å². The number of benzene rings is 2. The van der Waals surface area contributed by atoms with Crippen LogP contribution in [-0.2, 0) is 6.42 Å². The van der Waals surface area contributed by atoms with Crippen molar-refractivity contribution in [3.05, 3.63) is 65.7 Å². The summed E-state index contributed by atoms with van der Waals surface area (Å²) in [6.07, 6.45) is 5.10. The summed E-state index contributed by atoms with van der Waals surface area (Å²) in [6.45, 7) is 4.14. The van der Waals surface area contributed by atoms with Crippen molar-refractivity contribution in [2.24, 2.45) is 17.8 Å². The van der Waals surface area contributed by atoms with Gasteiger partial charge in [0, 0.05) is 18.7 Å². The Bertz CT molecular complexity index is 757. The van der Waals surface area contributed by atoms with Crippen LogP contribution in [0.5, 0.6) is 5.75 Å². The normalized spacial score (nSPS) is 26.0. The van der Waals surface area contributed by atoms with Crippen molar-refractivity contribution in [1.82, 2.24) is 4.90 Å². The summed E-state index contributed by atoms with van der Waals surface area (Å²) in [4.78, 5) is 15.1. The third kappa shape index (κ3) is 4.08. The van der Waals surface area contributed by atoms with Crippen molar-refractivity contribution in [1.29, 1.82) is 0 Å². The Morgan fingerprint density at radius 1 is 1.04 bits per heavy atom. The number of carbonyl (C=O) groups excluding carboxylic acids is 1. The molecule has 2 aromatic rings. The topological polar surface area (TPSA) is 40.5 Å². The standard InChI is InChI=1S/C24H29NO2/c1-17(24(27)20-9-11-23(26)12-10-20)25-15-21-13-19(14-22(21)16-25)8-7-18-5-3-2-4-6-18/h2-6,9-12,17,19,21-22,26H,7-8,13-16H2,1H3. The molecule has 2 fully saturated rings. The number of fused-ring (bicyclic) bond motifs is 1. The number of aromatic hydroxyl groups is 1. The Balaban J connectivity index is 1.29. The Hall–Kier alpha value is -2.13. The second-order valence-electron chi connectivity index (χ2n) is 8.42. The van der Waals surface area contributed by atoms with Crippen LogP contribution < -0.4 is 0 Å². The number of Topliss-reactive ketones (excluding diaryl/α,β-unsaturated/α-hetero) is 1. The molecule has 3 nitrogen and oxygen atoms in total. The number of carbonyl (C=O) groups is 1. The Morgan fingerprint density at radius 2 is 1.67 bits per heavy atom. The Morgan fingerprint density at radius 3 is 2.30 bits per heavy atom. The van der Waals surface area contributed by atoms with Crippen LogP contribution in [0.15, 0.2) is 54.6 Å². The fourth-order valence-electron chi connectivity index (χ4n) is 5.06. The Labute approximate surface area is 162 Å². The van der Waals surface area contributed by atoms with E-state index in [1.54, 1.807) is 24.3 Å². The predicted molar refractivity (Wildman–Crippen MR) is 108 cm³/mol. The number of nitrogens with zero attached hydrogens (tertiary/aromatic N) is 1. The lowest BCUT2D eigenvalue weighted by molar-refractivity contribution is 0.0856. The van der Waals surface area contributed by atoms with Crippen LogP contribution in [0, 0.1) is 17.8 Å². The van der Waals surface area contributed by atoms with Crippen LogP contribution in [0.3, 0.4) is 0 Å². The highest BCUT2D eigenvalue weighted by Gasteiger charge is 2.42. The number of ketones is 1. The van der Waals surface area contributed by atoms with Gasteiger partial charge in [0.1, 0.15) is 5.75 Å². The van der Waals surface area contributed by atoms with Gasteiger partial charge in [0.2, 0.25) is 0 Å². The molecular formula is C24H29NO2. The van der Waals surface area contributed by atoms with E-state index < -0.39 is 0 Å². The summed E-state index contributed by atoms with van der Waals surface area (Å²) in [6, 6.07) is 17.4. The van der Waals surface area contributed by atoms with Gasteiger partial charge in [-0.25, -0.2) is 0 Å². The van der Waals surface area contributed by atoms with E-state index in [0.717, 1.165) is 30.8 Å². The molecule has 1 aliphatic carbocycles. The molecule has 1 saturated heterocycles. The van der Waals surface area contributed by atoms with Crippen molar-refractivity contribution < 1.29 is 9.90 Å². The first kappa shape index (κ1) is 18.2. The molecule has 2 aromatic carbocycles. The smallest absolute Gasteiger partial charge is 0.179 e. The minimum absolute atomic E-state index is 0.0806. The number of hydrogen-bond donors (Lipinski definition) is 1. The predicted octanol–water partition coefficient (Wildman–Crippen LogP) is 4.55. The summed E-state index contributed by atoms with van der Waals surface area (Å²) in [7, 11) is 0. The third-order valence-electron chi connectivity index (χ3n) is 6.64. The van der Waals surface area contributed by atoms with Gasteiger partial charge in [-0.15, -0.1) is 0 Å². The third-order valence-corrected chi connectivity index (χ3v) is 6.64. The zero-order valence-electron chi connectivity index (χ0n) is 16.1. The maximum atomic E-state index is 12.8. The second kappa shape index (κ2) is 7.85. The van der Waals surface area contributed by atoms with Gasteiger partial charge in [-0.3, -0.25) is 9.69 Å². The fourth-order valence-corrected chi connectivity index (χ4v) is 5.06. The molecule has 1 saturated carbocycles. The van der Waals surface area contributed by atoms with Gasteiger partial charge in [-0.1, -0.05) is 30.3 Å². The summed E-state index contributed by atoms with van der Waals surface area (Å²) >= 11 is 0. The van der Waals surface area contributed by atoms with E-state index in [0.29, 0.717) is 5.56 Å². The van der Waals surface area contributed by atoms with E-state index in [2.05, 4.69) is 35.2 Å². The highest BCUT2D eigenvalue weighted by atomic mass is 16.3. The molecule has 1 N–H and O–H groups in total. The summed E-state index contributed by atoms with van der Waals surface area (Å²) in [5.74, 6) is 2.71. The lowest BCUT2D eigenvalue weighted by atomic mass is 9.96. The maximum Gasteiger partial charge on any atom is 0.179 e. The zero-order chi connectivity index (χ0) is 18.8. The van der Waals surface area contributed by atoms with E-state index in [4.69, 9.17) is 0 Å². The molecule has 4 rings (SSSR count). The van der Waals surface area contributed by atoms with Crippen LogP contribution in [0.25, 0.3) is 0 Å². The number of hydrogen-bond acceptors (Lipinski definition) is 3. The molecule has 2 aliphatic rings. The van der Waals surface area contributed by atoms with Crippen LogP contribution >= 0.6 is 0 Å². The van der Waals surface area contributed by atoms with Gasteiger partial charge in [0.25, 0.3) is 0 Å². The first-order valence-corrected chi connectivity index (χ1v) is 10.2. The highest BCUT2D eigenvalue weighted by Crippen LogP contribution is 2.43. The van der Waals surface area contributed by atoms with Crippen LogP contribution in [-0.4, -0.2) is 34.9 Å². The SMILES string of the molecule is CC(C(=O)c1ccc(O)cc1)N1CC2CC(CCc3ccccc3)CC2C1. The van der Waals surface area contributed by atoms with Gasteiger partial charge < -0.3 is 5.11 Å². The van der Waals surface area contributed by atoms with Crippen LogP contribution in [0.4, 0.5) is 0 Å². The van der Waals surface area contributed by atoms with Gasteiger partial charge in [0.15, 0.2) is 5.78 Å². The molecule has 1 aliphatic heterocycles. The molecule has 27 heavy (non-hydrogen) atoms. The molecule has 3 atom stereocenters. The zero-order valence-corrected chi connectivity index (χ0v) is 16.1. The monoisotopic (exact) mass is 363 g/mol. The molecular weight excluding hydrogens is 334 g/mol. The van der Waals surface area contributed by atoms with Gasteiger partial charge in [-0.05, 0) is 80.2 Å². The average Bonchev–Trinajstić information content (AvgIpc) is 3.25. The molecule has 0 bridgehead atoms. The summed E-state index contributed by atoms with van der Waals surface area (Å²) in [5, 5.41) is 9.42. The van der Waals surface area contributed by atoms with Crippen molar-refractivity contribution in [2.75, 3.05) is 13.1 Å². The van der Waals surface area contributed by atoms with Crippen molar-refractivity contribution in [3.8, 4) is 5.75 Å². The molecule has 3 unspecified atom stereocenters. The molecule has 0 spiro atoms. The fraction of sp³-hybridized carbons (Fsp3) is 0.458. The van der Waals surface area contributed by atoms with Gasteiger partial charge in [0.05, 0.1) is 6.04 Å². The van der Waals surface area contributed by atoms with Crippen molar-refractivity contribution >= 4 is 5.78 Å². The first-order chi connectivity index (χ1) is 13.1. The molecule has 3 heteroatoms. The quantitative estimate of drug-likeness (QED) is 0.765.